The molecule has 3 aromatic rings. The fourth-order valence-electron chi connectivity index (χ4n) is 2.67. The van der Waals surface area contributed by atoms with E-state index in [0.717, 1.165) is 25.1 Å². The Morgan fingerprint density at radius 2 is 1.70 bits per heavy atom. The number of hydrazine groups is 1. The van der Waals surface area contributed by atoms with E-state index in [1.54, 1.807) is 12.1 Å². The molecule has 0 aliphatic heterocycles. The lowest BCUT2D eigenvalue weighted by Crippen LogP contribution is -2.46. The van der Waals surface area contributed by atoms with E-state index in [1.807, 2.05) is 31.2 Å². The van der Waals surface area contributed by atoms with Crippen molar-refractivity contribution in [3.05, 3.63) is 59.1 Å². The average molecular weight is 447 g/mol. The molecule has 0 saturated heterocycles. The van der Waals surface area contributed by atoms with Gasteiger partial charge in [0.25, 0.3) is 5.91 Å². The number of nitrogens with one attached hydrogen (secondary N) is 2. The molecule has 0 spiro atoms. The van der Waals surface area contributed by atoms with Crippen molar-refractivity contribution in [2.24, 2.45) is 0 Å². The first-order chi connectivity index (χ1) is 14.3. The monoisotopic (exact) mass is 446 g/mol. The highest BCUT2D eigenvalue weighted by atomic mass is 32.2. The van der Waals surface area contributed by atoms with Gasteiger partial charge in [-0.2, -0.15) is 4.31 Å². The average Bonchev–Trinajstić information content (AvgIpc) is 3.14. The van der Waals surface area contributed by atoms with Gasteiger partial charge in [0.1, 0.15) is 0 Å². The Balaban J connectivity index is 1.46. The van der Waals surface area contributed by atoms with Gasteiger partial charge in [-0.25, -0.2) is 13.4 Å². The summed E-state index contributed by atoms with van der Waals surface area (Å²) in [6, 6.07) is 14.1. The molecule has 2 N–H and O–H groups in total. The standard InChI is InChI=1S/C20H22N4O4S2/c1-14-7-9-15(10-8-14)30(27,28)24(2)13-19(26)23-22-18(25)11-12-20-21-16-5-3-4-6-17(16)29-20/h3-10H,11-13H2,1-2H3,(H,22,25)(H,23,26). The van der Waals surface area contributed by atoms with Gasteiger partial charge in [-0.15, -0.1) is 11.3 Å². The molecule has 10 heteroatoms. The van der Waals surface area contributed by atoms with Crippen LogP contribution in [-0.2, 0) is 26.0 Å². The van der Waals surface area contributed by atoms with E-state index in [0.29, 0.717) is 6.42 Å². The van der Waals surface area contributed by atoms with E-state index < -0.39 is 22.5 Å². The first-order valence-electron chi connectivity index (χ1n) is 9.21. The van der Waals surface area contributed by atoms with Crippen LogP contribution in [0.3, 0.4) is 0 Å². The third-order valence-electron chi connectivity index (χ3n) is 4.34. The first kappa shape index (κ1) is 21.9. The van der Waals surface area contributed by atoms with Crippen LogP contribution in [-0.4, -0.2) is 43.1 Å². The maximum atomic E-state index is 12.5. The summed E-state index contributed by atoms with van der Waals surface area (Å²) in [6.07, 6.45) is 0.598. The summed E-state index contributed by atoms with van der Waals surface area (Å²) >= 11 is 1.52. The number of aryl methyl sites for hydroxylation is 2. The Morgan fingerprint density at radius 1 is 1.03 bits per heavy atom. The molecular formula is C20H22N4O4S2. The van der Waals surface area contributed by atoms with Crippen molar-refractivity contribution in [2.75, 3.05) is 13.6 Å². The minimum absolute atomic E-state index is 0.100. The molecule has 0 saturated carbocycles. The molecule has 1 aromatic heterocycles. The fraction of sp³-hybridized carbons (Fsp3) is 0.250. The third-order valence-corrected chi connectivity index (χ3v) is 7.25. The molecule has 0 unspecified atom stereocenters. The number of hydrogen-bond donors (Lipinski definition) is 2. The molecular weight excluding hydrogens is 424 g/mol. The highest BCUT2D eigenvalue weighted by Gasteiger charge is 2.23. The van der Waals surface area contributed by atoms with Gasteiger partial charge in [-0.3, -0.25) is 20.4 Å². The molecule has 0 radical (unpaired) electrons. The van der Waals surface area contributed by atoms with E-state index in [-0.39, 0.29) is 17.2 Å². The lowest BCUT2D eigenvalue weighted by atomic mass is 10.2. The molecule has 30 heavy (non-hydrogen) atoms. The molecule has 158 valence electrons. The highest BCUT2D eigenvalue weighted by Crippen LogP contribution is 2.22. The number of likely N-dealkylation sites (N-methyl/N-ethyl adjacent to an activating group) is 1. The van der Waals surface area contributed by atoms with Gasteiger partial charge in [0.05, 0.1) is 26.7 Å². The number of carbonyl (C=O) groups is 2. The van der Waals surface area contributed by atoms with Crippen LogP contribution in [0.4, 0.5) is 0 Å². The normalized spacial score (nSPS) is 11.6. The van der Waals surface area contributed by atoms with Crippen LogP contribution < -0.4 is 10.9 Å². The van der Waals surface area contributed by atoms with Gasteiger partial charge < -0.3 is 0 Å². The van der Waals surface area contributed by atoms with Crippen LogP contribution in [0.15, 0.2) is 53.4 Å². The van der Waals surface area contributed by atoms with Gasteiger partial charge in [-0.05, 0) is 31.2 Å². The topological polar surface area (TPSA) is 108 Å². The molecule has 2 amide bonds. The summed E-state index contributed by atoms with van der Waals surface area (Å²) in [7, 11) is -2.49. The van der Waals surface area contributed by atoms with E-state index >= 15 is 0 Å². The van der Waals surface area contributed by atoms with Gasteiger partial charge in [0.15, 0.2) is 0 Å². The fourth-order valence-corrected chi connectivity index (χ4v) is 4.76. The number of rotatable bonds is 7. The van der Waals surface area contributed by atoms with Crippen LogP contribution in [0, 0.1) is 6.92 Å². The van der Waals surface area contributed by atoms with Gasteiger partial charge in [0.2, 0.25) is 15.9 Å². The Labute approximate surface area is 178 Å². The number of fused-ring (bicyclic) bond motifs is 1. The summed E-state index contributed by atoms with van der Waals surface area (Å²) in [5.74, 6) is -1.02. The van der Waals surface area contributed by atoms with E-state index in [4.69, 9.17) is 0 Å². The number of thiazole rings is 1. The van der Waals surface area contributed by atoms with Crippen LogP contribution >= 0.6 is 11.3 Å². The molecule has 3 rings (SSSR count). The zero-order chi connectivity index (χ0) is 21.7. The van der Waals surface area contributed by atoms with Crippen molar-refractivity contribution in [3.63, 3.8) is 0 Å². The molecule has 0 atom stereocenters. The summed E-state index contributed by atoms with van der Waals surface area (Å²) in [5, 5.41) is 0.835. The zero-order valence-electron chi connectivity index (χ0n) is 16.6. The third kappa shape index (κ3) is 5.41. The van der Waals surface area contributed by atoms with Crippen molar-refractivity contribution in [1.29, 1.82) is 0 Å². The smallest absolute Gasteiger partial charge is 0.253 e. The van der Waals surface area contributed by atoms with Crippen LogP contribution in [0.1, 0.15) is 17.0 Å². The lowest BCUT2D eigenvalue weighted by Gasteiger charge is -2.17. The SMILES string of the molecule is Cc1ccc(S(=O)(=O)N(C)CC(=O)NNC(=O)CCc2nc3ccccc3s2)cc1. The molecule has 8 nitrogen and oxygen atoms in total. The number of carbonyl (C=O) groups excluding carboxylic acids is 2. The summed E-state index contributed by atoms with van der Waals surface area (Å²) < 4.78 is 27.0. The Hall–Kier alpha value is -2.82. The summed E-state index contributed by atoms with van der Waals surface area (Å²) in [4.78, 5) is 28.6. The second-order valence-corrected chi connectivity index (χ2v) is 9.91. The summed E-state index contributed by atoms with van der Waals surface area (Å²) in [5.41, 5.74) is 6.38. The van der Waals surface area contributed by atoms with Gasteiger partial charge in [0, 0.05) is 19.9 Å². The number of para-hydroxylation sites is 1. The van der Waals surface area contributed by atoms with Crippen LogP contribution in [0.2, 0.25) is 0 Å². The Morgan fingerprint density at radius 3 is 2.40 bits per heavy atom. The van der Waals surface area contributed by atoms with Crippen molar-refractivity contribution in [3.8, 4) is 0 Å². The van der Waals surface area contributed by atoms with Crippen LogP contribution in [0.25, 0.3) is 10.2 Å². The van der Waals surface area contributed by atoms with Gasteiger partial charge in [-0.1, -0.05) is 29.8 Å². The van der Waals surface area contributed by atoms with Crippen molar-refractivity contribution < 1.29 is 18.0 Å². The predicted molar refractivity (Wildman–Crippen MR) is 115 cm³/mol. The molecule has 2 aromatic carbocycles. The minimum atomic E-state index is -3.80. The van der Waals surface area contributed by atoms with E-state index in [9.17, 15) is 18.0 Å². The maximum Gasteiger partial charge on any atom is 0.253 e. The van der Waals surface area contributed by atoms with Crippen molar-refractivity contribution >= 4 is 43.4 Å². The van der Waals surface area contributed by atoms with Crippen molar-refractivity contribution in [1.82, 2.24) is 20.1 Å². The molecule has 0 aliphatic carbocycles. The predicted octanol–water partition coefficient (Wildman–Crippen LogP) is 2.01. The first-order valence-corrected chi connectivity index (χ1v) is 11.5. The number of nitrogens with zero attached hydrogens (tertiary/aromatic N) is 2. The number of sulfonamides is 1. The quantitative estimate of drug-likeness (QED) is 0.540. The number of benzene rings is 2. The van der Waals surface area contributed by atoms with Crippen LogP contribution in [0.5, 0.6) is 0 Å². The lowest BCUT2D eigenvalue weighted by molar-refractivity contribution is -0.128. The highest BCUT2D eigenvalue weighted by molar-refractivity contribution is 7.89. The summed E-state index contributed by atoms with van der Waals surface area (Å²) in [6.45, 7) is 1.43. The van der Waals surface area contributed by atoms with E-state index in [1.165, 1.54) is 30.5 Å². The minimum Gasteiger partial charge on any atom is -0.273 e. The van der Waals surface area contributed by atoms with Gasteiger partial charge >= 0.3 is 0 Å². The molecule has 1 heterocycles. The number of hydrogen-bond acceptors (Lipinski definition) is 6. The maximum absolute atomic E-state index is 12.5. The number of amides is 2. The molecule has 0 fully saturated rings. The number of aromatic nitrogens is 1. The largest absolute Gasteiger partial charge is 0.273 e. The Bertz CT molecular complexity index is 1120. The second kappa shape index (κ2) is 9.33. The van der Waals surface area contributed by atoms with Crippen molar-refractivity contribution in [2.45, 2.75) is 24.7 Å². The molecule has 0 aliphatic rings. The molecule has 0 bridgehead atoms. The zero-order valence-corrected chi connectivity index (χ0v) is 18.2. The van der Waals surface area contributed by atoms with E-state index in [2.05, 4.69) is 15.8 Å². The Kier molecular flexibility index (Phi) is 6.80. The second-order valence-electron chi connectivity index (χ2n) is 6.75.